The molecule has 0 radical (unpaired) electrons. The lowest BCUT2D eigenvalue weighted by Crippen LogP contribution is -2.29. The summed E-state index contributed by atoms with van der Waals surface area (Å²) < 4.78 is 0. The van der Waals surface area contributed by atoms with Gasteiger partial charge < -0.3 is 16.4 Å². The zero-order valence-corrected chi connectivity index (χ0v) is 15.9. The second kappa shape index (κ2) is 13.2. The van der Waals surface area contributed by atoms with Crippen LogP contribution in [-0.4, -0.2) is 32.2 Å². The number of hydrogen-bond donors (Lipinski definition) is 3. The molecule has 5 heteroatoms. The van der Waals surface area contributed by atoms with Gasteiger partial charge in [-0.15, -0.1) is 0 Å². The molecule has 0 amide bonds. The molecule has 0 aromatic rings. The number of nitrogens with one attached hydrogen (secondary N) is 2. The van der Waals surface area contributed by atoms with Gasteiger partial charge in [0.2, 0.25) is 0 Å². The summed E-state index contributed by atoms with van der Waals surface area (Å²) in [6, 6.07) is 0. The van der Waals surface area contributed by atoms with Crippen LogP contribution in [0.25, 0.3) is 0 Å². The third-order valence-electron chi connectivity index (χ3n) is 3.73. The number of amidine groups is 1. The molecule has 0 spiro atoms. The van der Waals surface area contributed by atoms with Gasteiger partial charge in [-0.1, -0.05) is 31.2 Å². The molecule has 0 bridgehead atoms. The summed E-state index contributed by atoms with van der Waals surface area (Å²) in [4.78, 5) is 8.79. The van der Waals surface area contributed by atoms with E-state index in [1.807, 2.05) is 20.2 Å². The summed E-state index contributed by atoms with van der Waals surface area (Å²) in [6.45, 7) is 5.57. The van der Waals surface area contributed by atoms with Crippen molar-refractivity contribution in [2.24, 2.45) is 15.7 Å². The molecular weight excluding hydrogens is 310 g/mol. The monoisotopic (exact) mass is 343 g/mol. The van der Waals surface area contributed by atoms with Crippen LogP contribution in [0.2, 0.25) is 0 Å². The first kappa shape index (κ1) is 20.9. The zero-order chi connectivity index (χ0) is 18.3. The van der Waals surface area contributed by atoms with Crippen LogP contribution in [-0.2, 0) is 0 Å². The van der Waals surface area contributed by atoms with E-state index in [0.717, 1.165) is 50.0 Å². The molecule has 25 heavy (non-hydrogen) atoms. The van der Waals surface area contributed by atoms with Crippen molar-refractivity contribution in [2.45, 2.75) is 46.0 Å². The van der Waals surface area contributed by atoms with Crippen LogP contribution in [0.1, 0.15) is 46.0 Å². The molecule has 0 aromatic carbocycles. The van der Waals surface area contributed by atoms with Crippen molar-refractivity contribution in [3.8, 4) is 0 Å². The first-order chi connectivity index (χ1) is 12.2. The molecule has 5 nitrogen and oxygen atoms in total. The van der Waals surface area contributed by atoms with Gasteiger partial charge in [-0.3, -0.25) is 4.99 Å². The Balaban J connectivity index is 2.46. The standard InChI is InChI=1S/C20H33N5/c1-4-9-19-14-18(10-6-5-7-13-24-19)11-8-12-23-16-20(21)25-15-17(2)22-3/h6,9-11,13,15,22-23H,4-5,7-8,12,14,16H2,1-3H3,(H2,21,25)/b10-6-,17-15-,18-11-,19-9+,24-13-. The molecule has 0 fully saturated rings. The Morgan fingerprint density at radius 3 is 2.96 bits per heavy atom. The summed E-state index contributed by atoms with van der Waals surface area (Å²) in [6.07, 6.45) is 17.7. The molecule has 0 saturated heterocycles. The number of nitrogens with two attached hydrogens (primary N) is 1. The van der Waals surface area contributed by atoms with Crippen molar-refractivity contribution >= 4 is 12.1 Å². The predicted octanol–water partition coefficient (Wildman–Crippen LogP) is 3.44. The topological polar surface area (TPSA) is 74.8 Å². The van der Waals surface area contributed by atoms with E-state index < -0.39 is 0 Å². The van der Waals surface area contributed by atoms with Gasteiger partial charge >= 0.3 is 0 Å². The molecular formula is C20H33N5. The Bertz CT molecular complexity index is 565. The maximum absolute atomic E-state index is 5.87. The van der Waals surface area contributed by atoms with Crippen LogP contribution in [0.4, 0.5) is 0 Å². The first-order valence-electron chi connectivity index (χ1n) is 9.10. The fraction of sp³-hybridized carbons (Fsp3) is 0.500. The highest BCUT2D eigenvalue weighted by atomic mass is 15.0. The molecule has 0 aromatic heterocycles. The normalized spacial score (nSPS) is 22.4. The summed E-state index contributed by atoms with van der Waals surface area (Å²) in [5, 5.41) is 6.33. The molecule has 4 N–H and O–H groups in total. The van der Waals surface area contributed by atoms with Crippen LogP contribution in [0.15, 0.2) is 57.5 Å². The molecule has 0 unspecified atom stereocenters. The smallest absolute Gasteiger partial charge is 0.113 e. The fourth-order valence-electron chi connectivity index (χ4n) is 2.27. The van der Waals surface area contributed by atoms with Crippen molar-refractivity contribution in [3.05, 3.63) is 47.5 Å². The van der Waals surface area contributed by atoms with Gasteiger partial charge in [0, 0.05) is 37.3 Å². The van der Waals surface area contributed by atoms with Gasteiger partial charge in [0.15, 0.2) is 0 Å². The zero-order valence-electron chi connectivity index (χ0n) is 15.9. The second-order valence-corrected chi connectivity index (χ2v) is 6.00. The highest BCUT2D eigenvalue weighted by Gasteiger charge is 2.00. The van der Waals surface area contributed by atoms with E-state index in [1.165, 1.54) is 5.57 Å². The highest BCUT2D eigenvalue weighted by molar-refractivity contribution is 5.82. The van der Waals surface area contributed by atoms with Crippen molar-refractivity contribution in [2.75, 3.05) is 20.1 Å². The summed E-state index contributed by atoms with van der Waals surface area (Å²) in [7, 11) is 1.86. The minimum Gasteiger partial charge on any atom is -0.390 e. The van der Waals surface area contributed by atoms with Gasteiger partial charge in [0.05, 0.1) is 6.54 Å². The van der Waals surface area contributed by atoms with Crippen LogP contribution in [0.5, 0.6) is 0 Å². The highest BCUT2D eigenvalue weighted by Crippen LogP contribution is 2.17. The lowest BCUT2D eigenvalue weighted by atomic mass is 10.1. The van der Waals surface area contributed by atoms with E-state index in [4.69, 9.17) is 5.73 Å². The first-order valence-corrected chi connectivity index (χ1v) is 9.10. The van der Waals surface area contributed by atoms with Gasteiger partial charge in [0.1, 0.15) is 5.84 Å². The van der Waals surface area contributed by atoms with Crippen molar-refractivity contribution in [1.29, 1.82) is 0 Å². The lowest BCUT2D eigenvalue weighted by Gasteiger charge is -2.05. The summed E-state index contributed by atoms with van der Waals surface area (Å²) in [5.41, 5.74) is 9.35. The van der Waals surface area contributed by atoms with E-state index in [0.29, 0.717) is 12.4 Å². The fourth-order valence-corrected chi connectivity index (χ4v) is 2.27. The molecule has 1 aliphatic heterocycles. The number of allylic oxidation sites excluding steroid dienone is 5. The van der Waals surface area contributed by atoms with E-state index in [9.17, 15) is 0 Å². The molecule has 0 atom stereocenters. The van der Waals surface area contributed by atoms with Gasteiger partial charge in [-0.25, -0.2) is 4.99 Å². The molecule has 1 heterocycles. The number of aliphatic imine (C=N–C) groups is 2. The van der Waals surface area contributed by atoms with E-state index >= 15 is 0 Å². The average molecular weight is 344 g/mol. The molecule has 1 aliphatic rings. The van der Waals surface area contributed by atoms with E-state index in [1.54, 1.807) is 6.20 Å². The van der Waals surface area contributed by atoms with Gasteiger partial charge in [-0.05, 0) is 44.7 Å². The second-order valence-electron chi connectivity index (χ2n) is 6.00. The van der Waals surface area contributed by atoms with E-state index in [-0.39, 0.29) is 0 Å². The molecule has 0 aliphatic carbocycles. The number of nitrogens with zero attached hydrogens (tertiary/aromatic N) is 2. The molecule has 0 saturated carbocycles. The van der Waals surface area contributed by atoms with Gasteiger partial charge in [-0.2, -0.15) is 0 Å². The SMILES string of the molecule is CC/C=C1CC(=C\CCNC/C(N)=N\C=C(\C)NC)/C=C\CC/C=N\1. The third-order valence-corrected chi connectivity index (χ3v) is 3.73. The van der Waals surface area contributed by atoms with Gasteiger partial charge in [0.25, 0.3) is 0 Å². The van der Waals surface area contributed by atoms with Crippen LogP contribution in [0, 0.1) is 0 Å². The number of hydrogen-bond acceptors (Lipinski definition) is 4. The van der Waals surface area contributed by atoms with Crippen LogP contribution in [0.3, 0.4) is 0 Å². The van der Waals surface area contributed by atoms with Crippen molar-refractivity contribution in [1.82, 2.24) is 10.6 Å². The van der Waals surface area contributed by atoms with Crippen LogP contribution < -0.4 is 16.4 Å². The average Bonchev–Trinajstić information content (AvgIpc) is 2.72. The Labute approximate surface area is 152 Å². The van der Waals surface area contributed by atoms with Crippen LogP contribution >= 0.6 is 0 Å². The van der Waals surface area contributed by atoms with Crippen molar-refractivity contribution < 1.29 is 0 Å². The summed E-state index contributed by atoms with van der Waals surface area (Å²) >= 11 is 0. The van der Waals surface area contributed by atoms with E-state index in [2.05, 4.69) is 51.8 Å². The van der Waals surface area contributed by atoms with Crippen molar-refractivity contribution in [3.63, 3.8) is 0 Å². The summed E-state index contributed by atoms with van der Waals surface area (Å²) in [5.74, 6) is 0.590. The predicted molar refractivity (Wildman–Crippen MR) is 110 cm³/mol. The Kier molecular flexibility index (Phi) is 11.0. The maximum atomic E-state index is 5.87. The lowest BCUT2D eigenvalue weighted by molar-refractivity contribution is 0.765. The minimum atomic E-state index is 0.590. The largest absolute Gasteiger partial charge is 0.390 e. The minimum absolute atomic E-state index is 0.590. The molecule has 1 rings (SSSR count). The Morgan fingerprint density at radius 2 is 2.20 bits per heavy atom. The maximum Gasteiger partial charge on any atom is 0.113 e. The quantitative estimate of drug-likeness (QED) is 0.359. The molecule has 138 valence electrons. The number of rotatable bonds is 8. The Morgan fingerprint density at radius 1 is 1.36 bits per heavy atom. The Hall–Kier alpha value is -2.14. The third kappa shape index (κ3) is 10.4.